The number of rotatable bonds is 2. The molecule has 0 fully saturated rings. The number of fused-ring (bicyclic) bond motifs is 1. The second-order valence-electron chi connectivity index (χ2n) is 3.91. The lowest BCUT2D eigenvalue weighted by Gasteiger charge is -2.02. The summed E-state index contributed by atoms with van der Waals surface area (Å²) in [5.74, 6) is 0.00741. The van der Waals surface area contributed by atoms with E-state index in [2.05, 4.69) is 15.0 Å². The standard InChI is InChI=1S/C12H10N4OS/c1-6(17)9-5-16-12(18-9)8-4-15-11-7(10(8)13)2-3-14-11/h2-5H,1H3,(H3,13,14,15). The first-order chi connectivity index (χ1) is 8.66. The van der Waals surface area contributed by atoms with Gasteiger partial charge in [-0.25, -0.2) is 9.97 Å². The van der Waals surface area contributed by atoms with Gasteiger partial charge in [0.15, 0.2) is 5.78 Å². The fourth-order valence-electron chi connectivity index (χ4n) is 1.76. The summed E-state index contributed by atoms with van der Waals surface area (Å²) in [7, 11) is 0. The number of aromatic amines is 1. The molecular weight excluding hydrogens is 248 g/mol. The minimum absolute atomic E-state index is 0.00741. The number of nitrogen functional groups attached to an aromatic ring is 1. The van der Waals surface area contributed by atoms with Gasteiger partial charge in [0, 0.05) is 30.9 Å². The SMILES string of the molecule is CC(=O)c1cnc(-c2cnc3[nH]ccc3c2N)s1. The maximum atomic E-state index is 11.3. The van der Waals surface area contributed by atoms with E-state index in [1.807, 2.05) is 6.07 Å². The number of carbonyl (C=O) groups excluding carboxylic acids is 1. The van der Waals surface area contributed by atoms with Crippen molar-refractivity contribution in [3.63, 3.8) is 0 Å². The van der Waals surface area contributed by atoms with E-state index in [0.29, 0.717) is 15.6 Å². The number of H-pyrrole nitrogens is 1. The molecule has 0 aliphatic rings. The highest BCUT2D eigenvalue weighted by Crippen LogP contribution is 2.33. The molecule has 0 saturated heterocycles. The van der Waals surface area contributed by atoms with Crippen LogP contribution in [0.2, 0.25) is 0 Å². The number of nitrogens with zero attached hydrogens (tertiary/aromatic N) is 2. The number of anilines is 1. The zero-order valence-corrected chi connectivity index (χ0v) is 10.4. The molecule has 0 spiro atoms. The molecule has 18 heavy (non-hydrogen) atoms. The Kier molecular flexibility index (Phi) is 2.38. The first-order valence-corrected chi connectivity index (χ1v) is 6.17. The van der Waals surface area contributed by atoms with Gasteiger partial charge in [-0.05, 0) is 6.07 Å². The lowest BCUT2D eigenvalue weighted by molar-refractivity contribution is 0.102. The Balaban J connectivity index is 2.18. The summed E-state index contributed by atoms with van der Waals surface area (Å²) < 4.78 is 0. The average Bonchev–Trinajstić information content (AvgIpc) is 2.97. The van der Waals surface area contributed by atoms with Crippen molar-refractivity contribution in [1.82, 2.24) is 15.0 Å². The molecule has 0 unspecified atom stereocenters. The molecule has 3 rings (SSSR count). The Hall–Kier alpha value is -2.21. The monoisotopic (exact) mass is 258 g/mol. The second kappa shape index (κ2) is 3.92. The molecule has 0 radical (unpaired) electrons. The molecule has 3 aromatic rings. The van der Waals surface area contributed by atoms with E-state index >= 15 is 0 Å². The summed E-state index contributed by atoms with van der Waals surface area (Å²) in [6, 6.07) is 1.88. The van der Waals surface area contributed by atoms with Gasteiger partial charge in [0.25, 0.3) is 0 Å². The van der Waals surface area contributed by atoms with Gasteiger partial charge < -0.3 is 10.7 Å². The van der Waals surface area contributed by atoms with Crippen molar-refractivity contribution in [2.75, 3.05) is 5.73 Å². The van der Waals surface area contributed by atoms with Gasteiger partial charge >= 0.3 is 0 Å². The van der Waals surface area contributed by atoms with E-state index in [-0.39, 0.29) is 5.78 Å². The van der Waals surface area contributed by atoms with Crippen molar-refractivity contribution in [2.45, 2.75) is 6.92 Å². The molecule has 3 aromatic heterocycles. The van der Waals surface area contributed by atoms with E-state index < -0.39 is 0 Å². The van der Waals surface area contributed by atoms with E-state index in [0.717, 1.165) is 16.6 Å². The van der Waals surface area contributed by atoms with Crippen LogP contribution < -0.4 is 5.73 Å². The number of carbonyl (C=O) groups is 1. The summed E-state index contributed by atoms with van der Waals surface area (Å²) in [4.78, 5) is 23.4. The Morgan fingerprint density at radius 1 is 1.39 bits per heavy atom. The zero-order chi connectivity index (χ0) is 12.7. The Labute approximate surface area is 107 Å². The predicted molar refractivity (Wildman–Crippen MR) is 71.6 cm³/mol. The van der Waals surface area contributed by atoms with Crippen LogP contribution in [0.1, 0.15) is 16.6 Å². The molecule has 0 amide bonds. The highest BCUT2D eigenvalue weighted by Gasteiger charge is 2.13. The average molecular weight is 258 g/mol. The van der Waals surface area contributed by atoms with Crippen LogP contribution in [-0.4, -0.2) is 20.7 Å². The van der Waals surface area contributed by atoms with Crippen LogP contribution in [-0.2, 0) is 0 Å². The molecule has 0 aromatic carbocycles. The van der Waals surface area contributed by atoms with Crippen molar-refractivity contribution in [3.05, 3.63) is 29.5 Å². The van der Waals surface area contributed by atoms with Crippen molar-refractivity contribution < 1.29 is 4.79 Å². The largest absolute Gasteiger partial charge is 0.398 e. The summed E-state index contributed by atoms with van der Waals surface area (Å²) in [6.45, 7) is 1.52. The number of nitrogens with two attached hydrogens (primary N) is 1. The predicted octanol–water partition coefficient (Wildman–Crippen LogP) is 2.47. The lowest BCUT2D eigenvalue weighted by atomic mass is 10.2. The van der Waals surface area contributed by atoms with Crippen LogP contribution in [0, 0.1) is 0 Å². The Morgan fingerprint density at radius 3 is 2.94 bits per heavy atom. The molecule has 0 aliphatic carbocycles. The third kappa shape index (κ3) is 1.58. The number of Topliss-reactive ketones (excluding diaryl/α,β-unsaturated/α-hetero) is 1. The molecule has 0 aliphatic heterocycles. The molecule has 3 N–H and O–H groups in total. The third-order valence-electron chi connectivity index (χ3n) is 2.71. The minimum Gasteiger partial charge on any atom is -0.398 e. The smallest absolute Gasteiger partial charge is 0.171 e. The summed E-state index contributed by atoms with van der Waals surface area (Å²) in [6.07, 6.45) is 5.04. The Bertz CT molecular complexity index is 743. The van der Waals surface area contributed by atoms with Crippen molar-refractivity contribution in [3.8, 4) is 10.6 Å². The van der Waals surface area contributed by atoms with Crippen molar-refractivity contribution in [2.24, 2.45) is 0 Å². The van der Waals surface area contributed by atoms with E-state index in [4.69, 9.17) is 5.73 Å². The molecule has 0 atom stereocenters. The van der Waals surface area contributed by atoms with Crippen molar-refractivity contribution in [1.29, 1.82) is 0 Å². The van der Waals surface area contributed by atoms with Gasteiger partial charge in [-0.1, -0.05) is 0 Å². The summed E-state index contributed by atoms with van der Waals surface area (Å²) >= 11 is 1.33. The topological polar surface area (TPSA) is 84.7 Å². The number of hydrogen-bond acceptors (Lipinski definition) is 5. The summed E-state index contributed by atoms with van der Waals surface area (Å²) in [5.41, 5.74) is 8.25. The van der Waals surface area contributed by atoms with Crippen LogP contribution in [0.3, 0.4) is 0 Å². The zero-order valence-electron chi connectivity index (χ0n) is 9.60. The molecular formula is C12H10N4OS. The molecule has 3 heterocycles. The summed E-state index contributed by atoms with van der Waals surface area (Å²) in [5, 5.41) is 1.58. The van der Waals surface area contributed by atoms with E-state index in [1.54, 1.807) is 18.6 Å². The van der Waals surface area contributed by atoms with Gasteiger partial charge in [-0.2, -0.15) is 0 Å². The maximum absolute atomic E-state index is 11.3. The normalized spacial score (nSPS) is 10.9. The fourth-order valence-corrected chi connectivity index (χ4v) is 2.60. The number of pyridine rings is 1. The van der Waals surface area contributed by atoms with E-state index in [1.165, 1.54) is 18.3 Å². The molecule has 90 valence electrons. The first-order valence-electron chi connectivity index (χ1n) is 5.35. The van der Waals surface area contributed by atoms with Crippen LogP contribution in [0.15, 0.2) is 24.7 Å². The number of thiazole rings is 1. The molecule has 5 nitrogen and oxygen atoms in total. The van der Waals surface area contributed by atoms with Crippen LogP contribution in [0.4, 0.5) is 5.69 Å². The number of ketones is 1. The van der Waals surface area contributed by atoms with Gasteiger partial charge in [0.05, 0.1) is 16.1 Å². The second-order valence-corrected chi connectivity index (χ2v) is 4.94. The third-order valence-corrected chi connectivity index (χ3v) is 3.84. The van der Waals surface area contributed by atoms with Crippen LogP contribution in [0.5, 0.6) is 0 Å². The number of aromatic nitrogens is 3. The lowest BCUT2D eigenvalue weighted by Crippen LogP contribution is -1.92. The molecule has 6 heteroatoms. The van der Waals surface area contributed by atoms with Gasteiger partial charge in [-0.3, -0.25) is 4.79 Å². The van der Waals surface area contributed by atoms with Crippen molar-refractivity contribution >= 4 is 33.8 Å². The Morgan fingerprint density at radius 2 is 2.22 bits per heavy atom. The van der Waals surface area contributed by atoms with Crippen LogP contribution >= 0.6 is 11.3 Å². The maximum Gasteiger partial charge on any atom is 0.171 e. The first kappa shape index (κ1) is 10.9. The quantitative estimate of drug-likeness (QED) is 0.691. The minimum atomic E-state index is 0.00741. The van der Waals surface area contributed by atoms with E-state index in [9.17, 15) is 4.79 Å². The molecule has 0 saturated carbocycles. The number of nitrogens with one attached hydrogen (secondary N) is 1. The fraction of sp³-hybridized carbons (Fsp3) is 0.0833. The van der Waals surface area contributed by atoms with Gasteiger partial charge in [0.2, 0.25) is 0 Å². The highest BCUT2D eigenvalue weighted by atomic mass is 32.1. The van der Waals surface area contributed by atoms with Gasteiger partial charge in [0.1, 0.15) is 10.7 Å². The van der Waals surface area contributed by atoms with Gasteiger partial charge in [-0.15, -0.1) is 11.3 Å². The van der Waals surface area contributed by atoms with Crippen LogP contribution in [0.25, 0.3) is 21.6 Å². The highest BCUT2D eigenvalue weighted by molar-refractivity contribution is 7.17. The molecule has 0 bridgehead atoms. The number of hydrogen-bond donors (Lipinski definition) is 2.